The number of halogens is 4. The van der Waals surface area contributed by atoms with Crippen molar-refractivity contribution in [3.8, 4) is 0 Å². The number of hydrogen-bond acceptors (Lipinski definition) is 4. The van der Waals surface area contributed by atoms with E-state index in [9.17, 15) is 30.8 Å². The average molecular weight is 476 g/mol. The van der Waals surface area contributed by atoms with Crippen LogP contribution in [0.4, 0.5) is 17.6 Å². The molecule has 0 amide bonds. The molecule has 2 aliphatic carbocycles. The molecule has 2 bridgehead atoms. The van der Waals surface area contributed by atoms with E-state index in [2.05, 4.69) is 9.46 Å². The highest BCUT2D eigenvalue weighted by atomic mass is 32.2. The van der Waals surface area contributed by atoms with E-state index in [1.165, 1.54) is 0 Å². The number of nitrogens with zero attached hydrogens (tertiary/aromatic N) is 1. The van der Waals surface area contributed by atoms with Gasteiger partial charge in [0.15, 0.2) is 0 Å². The third-order valence-corrected chi connectivity index (χ3v) is 8.28. The van der Waals surface area contributed by atoms with Crippen LogP contribution in [-0.4, -0.2) is 50.1 Å². The summed E-state index contributed by atoms with van der Waals surface area (Å²) in [5.41, 5.74) is 1.34. The lowest BCUT2D eigenvalue weighted by Gasteiger charge is -2.33. The Morgan fingerprint density at radius 1 is 1.25 bits per heavy atom. The highest BCUT2D eigenvalue weighted by molar-refractivity contribution is 7.87. The average Bonchev–Trinajstić information content (AvgIpc) is 3.06. The second-order valence-corrected chi connectivity index (χ2v) is 10.3. The molecule has 0 unspecified atom stereocenters. The molecule has 0 radical (unpaired) electrons. The number of carbonyl (C=O) groups is 1. The molecule has 3 atom stereocenters. The lowest BCUT2D eigenvalue weighted by atomic mass is 9.79. The maximum absolute atomic E-state index is 14.0. The fourth-order valence-corrected chi connectivity index (χ4v) is 7.07. The highest BCUT2D eigenvalue weighted by Crippen LogP contribution is 2.50. The largest absolute Gasteiger partial charge is 0.461 e. The van der Waals surface area contributed by atoms with Crippen molar-refractivity contribution in [2.75, 3.05) is 19.7 Å². The Bertz CT molecular complexity index is 1060. The van der Waals surface area contributed by atoms with Gasteiger partial charge in [-0.2, -0.15) is 35.0 Å². The van der Waals surface area contributed by atoms with Crippen molar-refractivity contribution in [1.29, 1.82) is 0 Å². The van der Waals surface area contributed by atoms with Gasteiger partial charge in [-0.05, 0) is 67.2 Å². The molecule has 4 rings (SSSR count). The molecule has 1 saturated carbocycles. The van der Waals surface area contributed by atoms with Gasteiger partial charge >= 0.3 is 12.1 Å². The molecule has 1 aromatic rings. The van der Waals surface area contributed by atoms with Crippen molar-refractivity contribution in [2.24, 2.45) is 11.8 Å². The topological polar surface area (TPSA) is 75.7 Å². The Morgan fingerprint density at radius 3 is 2.53 bits per heavy atom. The number of alkyl halides is 3. The molecule has 1 aromatic carbocycles. The Hall–Kier alpha value is -1.98. The first-order valence-electron chi connectivity index (χ1n) is 10.5. The van der Waals surface area contributed by atoms with Crippen molar-refractivity contribution in [2.45, 2.75) is 44.3 Å². The lowest BCUT2D eigenvalue weighted by molar-refractivity contribution is -0.140. The summed E-state index contributed by atoms with van der Waals surface area (Å²) >= 11 is 0. The molecule has 1 saturated heterocycles. The summed E-state index contributed by atoms with van der Waals surface area (Å²) in [6.07, 6.45) is -1.18. The van der Waals surface area contributed by atoms with E-state index in [0.29, 0.717) is 35.6 Å². The fraction of sp³-hybridized carbons (Fsp3) is 0.571. The van der Waals surface area contributed by atoms with Gasteiger partial charge in [-0.15, -0.1) is 0 Å². The molecule has 176 valence electrons. The minimum absolute atomic E-state index is 0.0523. The summed E-state index contributed by atoms with van der Waals surface area (Å²) in [6.45, 7) is -0.108. The van der Waals surface area contributed by atoms with Gasteiger partial charge in [-0.3, -0.25) is 0 Å². The normalized spacial score (nSPS) is 29.7. The lowest BCUT2D eigenvalue weighted by Crippen LogP contribution is -2.52. The van der Waals surface area contributed by atoms with Crippen LogP contribution >= 0.6 is 0 Å². The minimum atomic E-state index is -4.63. The standard InChI is InChI=1S/C21H24F4N2O4S/c1-2-31-19(28)18(22)8-13-3-4-14-9-16-5-6-17(10-15(14)7-13)20(16)11-27(12-21(23,24)25)32(29,30)26-20/h3-4,7-8,16-17,26H,2,5-6,9-12H2,1H3/b18-8-/t16-,17+,20-/m0/s1. The first-order chi connectivity index (χ1) is 14.9. The van der Waals surface area contributed by atoms with Crippen LogP contribution in [0.5, 0.6) is 0 Å². The number of rotatable bonds is 4. The molecular formula is C21H24F4N2O4S. The summed E-state index contributed by atoms with van der Waals surface area (Å²) < 4.78 is 85.7. The molecule has 6 nitrogen and oxygen atoms in total. The number of benzene rings is 1. The van der Waals surface area contributed by atoms with Crippen LogP contribution in [0.3, 0.4) is 0 Å². The van der Waals surface area contributed by atoms with Gasteiger partial charge in [0.05, 0.1) is 12.1 Å². The molecule has 2 fully saturated rings. The first kappa shape index (κ1) is 23.2. The Labute approximate surface area is 183 Å². The van der Waals surface area contributed by atoms with Gasteiger partial charge < -0.3 is 4.74 Å². The van der Waals surface area contributed by atoms with E-state index in [4.69, 9.17) is 0 Å². The summed E-state index contributed by atoms with van der Waals surface area (Å²) in [5, 5.41) is 0. The monoisotopic (exact) mass is 476 g/mol. The van der Waals surface area contributed by atoms with E-state index in [0.717, 1.165) is 17.2 Å². The smallest absolute Gasteiger partial charge is 0.402 e. The van der Waals surface area contributed by atoms with Crippen molar-refractivity contribution in [1.82, 2.24) is 9.03 Å². The molecule has 1 N–H and O–H groups in total. The molecule has 1 heterocycles. The van der Waals surface area contributed by atoms with Crippen LogP contribution in [0, 0.1) is 11.8 Å². The molecule has 3 aliphatic rings. The second-order valence-electron chi connectivity index (χ2n) is 8.65. The minimum Gasteiger partial charge on any atom is -0.461 e. The summed E-state index contributed by atoms with van der Waals surface area (Å²) in [7, 11) is -4.24. The maximum Gasteiger partial charge on any atom is 0.402 e. The number of hydrogen-bond donors (Lipinski definition) is 1. The molecular weight excluding hydrogens is 452 g/mol. The molecule has 1 spiro atoms. The quantitative estimate of drug-likeness (QED) is 0.412. The van der Waals surface area contributed by atoms with E-state index in [-0.39, 0.29) is 25.0 Å². The number of nitrogens with one attached hydrogen (secondary N) is 1. The van der Waals surface area contributed by atoms with Crippen molar-refractivity contribution in [3.63, 3.8) is 0 Å². The summed E-state index contributed by atoms with van der Waals surface area (Å²) in [6, 6.07) is 5.22. The number of carbonyl (C=O) groups excluding carboxylic acids is 1. The van der Waals surface area contributed by atoms with Gasteiger partial charge in [0, 0.05) is 6.54 Å². The molecule has 1 aliphatic heterocycles. The van der Waals surface area contributed by atoms with Crippen molar-refractivity contribution < 1.29 is 35.5 Å². The summed E-state index contributed by atoms with van der Waals surface area (Å²) in [4.78, 5) is 11.5. The van der Waals surface area contributed by atoms with Gasteiger partial charge in [-0.25, -0.2) is 4.79 Å². The van der Waals surface area contributed by atoms with Crippen LogP contribution in [0.2, 0.25) is 0 Å². The van der Waals surface area contributed by atoms with Gasteiger partial charge in [-0.1, -0.05) is 18.2 Å². The van der Waals surface area contributed by atoms with E-state index in [1.54, 1.807) is 19.1 Å². The predicted molar refractivity (Wildman–Crippen MR) is 108 cm³/mol. The van der Waals surface area contributed by atoms with Gasteiger partial charge in [0.1, 0.15) is 6.54 Å². The zero-order valence-electron chi connectivity index (χ0n) is 17.4. The Balaban J connectivity index is 1.62. The van der Waals surface area contributed by atoms with E-state index < -0.39 is 40.3 Å². The molecule has 0 aromatic heterocycles. The predicted octanol–water partition coefficient (Wildman–Crippen LogP) is 3.14. The second kappa shape index (κ2) is 8.11. The molecule has 32 heavy (non-hydrogen) atoms. The van der Waals surface area contributed by atoms with Gasteiger partial charge in [0.2, 0.25) is 5.83 Å². The third kappa shape index (κ3) is 4.29. The van der Waals surface area contributed by atoms with Gasteiger partial charge in [0.25, 0.3) is 10.2 Å². The zero-order chi connectivity index (χ0) is 23.3. The maximum atomic E-state index is 14.0. The molecule has 11 heteroatoms. The zero-order valence-corrected chi connectivity index (χ0v) is 18.2. The van der Waals surface area contributed by atoms with Crippen LogP contribution in [0.15, 0.2) is 24.0 Å². The van der Waals surface area contributed by atoms with E-state index >= 15 is 0 Å². The van der Waals surface area contributed by atoms with Crippen molar-refractivity contribution in [3.05, 3.63) is 40.7 Å². The van der Waals surface area contributed by atoms with Crippen molar-refractivity contribution >= 4 is 22.3 Å². The summed E-state index contributed by atoms with van der Waals surface area (Å²) in [5.74, 6) is -2.40. The van der Waals surface area contributed by atoms with Crippen LogP contribution < -0.4 is 4.72 Å². The fourth-order valence-electron chi connectivity index (χ4n) is 5.36. The number of ether oxygens (including phenoxy) is 1. The number of esters is 1. The van der Waals surface area contributed by atoms with Crippen LogP contribution in [0.25, 0.3) is 6.08 Å². The first-order valence-corrected chi connectivity index (χ1v) is 11.9. The Morgan fingerprint density at radius 2 is 1.91 bits per heavy atom. The van der Waals surface area contributed by atoms with E-state index in [1.807, 2.05) is 6.07 Å². The SMILES string of the molecule is CCOC(=O)/C(F)=C/c1ccc2c(c1)C[C@H]1CC[C@@H](C2)[C@@]12CN(CC(F)(F)F)S(=O)(=O)N2. The third-order valence-electron chi connectivity index (χ3n) is 6.70. The Kier molecular flexibility index (Phi) is 5.87. The van der Waals surface area contributed by atoms with Crippen LogP contribution in [-0.2, 0) is 32.6 Å². The van der Waals surface area contributed by atoms with Crippen LogP contribution in [0.1, 0.15) is 36.5 Å². The highest BCUT2D eigenvalue weighted by Gasteiger charge is 2.60. The number of fused-ring (bicyclic) bond motifs is 1.